The molecule has 0 amide bonds. The third-order valence-electron chi connectivity index (χ3n) is 3.21. The number of nitrogens with one attached hydrogen (secondary N) is 2. The van der Waals surface area contributed by atoms with E-state index in [9.17, 15) is 0 Å². The zero-order valence-electron chi connectivity index (χ0n) is 10.7. The molecular formula is C13H17N5O. The summed E-state index contributed by atoms with van der Waals surface area (Å²) in [4.78, 5) is 8.41. The second-order valence-electron chi connectivity index (χ2n) is 4.60. The molecule has 0 bridgehead atoms. The van der Waals surface area contributed by atoms with Crippen LogP contribution >= 0.6 is 0 Å². The van der Waals surface area contributed by atoms with E-state index in [0.29, 0.717) is 18.5 Å². The quantitative estimate of drug-likeness (QED) is 0.861. The zero-order valence-corrected chi connectivity index (χ0v) is 10.7. The molecule has 0 spiro atoms. The molecule has 6 nitrogen and oxygen atoms in total. The summed E-state index contributed by atoms with van der Waals surface area (Å²) in [5.74, 6) is 1.46. The van der Waals surface area contributed by atoms with Gasteiger partial charge in [-0.2, -0.15) is 5.10 Å². The lowest BCUT2D eigenvalue weighted by Crippen LogP contribution is -2.32. The van der Waals surface area contributed by atoms with Crippen LogP contribution in [0.25, 0.3) is 11.4 Å². The highest BCUT2D eigenvalue weighted by molar-refractivity contribution is 5.52. The van der Waals surface area contributed by atoms with E-state index < -0.39 is 0 Å². The van der Waals surface area contributed by atoms with Crippen LogP contribution < -0.4 is 5.32 Å². The van der Waals surface area contributed by atoms with E-state index in [2.05, 4.69) is 25.5 Å². The van der Waals surface area contributed by atoms with E-state index in [1.807, 2.05) is 12.1 Å². The first kappa shape index (κ1) is 12.3. The Balaban J connectivity index is 1.59. The lowest BCUT2D eigenvalue weighted by molar-refractivity contribution is 0.0179. The van der Waals surface area contributed by atoms with Crippen molar-refractivity contribution in [2.75, 3.05) is 13.1 Å². The summed E-state index contributed by atoms with van der Waals surface area (Å²) in [7, 11) is 0. The number of pyridine rings is 1. The van der Waals surface area contributed by atoms with Crippen molar-refractivity contribution in [1.29, 1.82) is 0 Å². The van der Waals surface area contributed by atoms with Crippen molar-refractivity contribution in [3.63, 3.8) is 0 Å². The van der Waals surface area contributed by atoms with Crippen molar-refractivity contribution >= 4 is 0 Å². The van der Waals surface area contributed by atoms with Crippen LogP contribution in [0.5, 0.6) is 0 Å². The van der Waals surface area contributed by atoms with Crippen molar-refractivity contribution in [3.05, 3.63) is 30.4 Å². The third-order valence-corrected chi connectivity index (χ3v) is 3.21. The summed E-state index contributed by atoms with van der Waals surface area (Å²) in [5, 5.41) is 10.4. The van der Waals surface area contributed by atoms with Gasteiger partial charge in [-0.15, -0.1) is 0 Å². The first-order valence-corrected chi connectivity index (χ1v) is 6.56. The largest absolute Gasteiger partial charge is 0.370 e. The highest BCUT2D eigenvalue weighted by Crippen LogP contribution is 2.14. The first-order valence-electron chi connectivity index (χ1n) is 6.56. The van der Waals surface area contributed by atoms with E-state index >= 15 is 0 Å². The topological polar surface area (TPSA) is 75.7 Å². The van der Waals surface area contributed by atoms with Crippen molar-refractivity contribution in [2.24, 2.45) is 0 Å². The third kappa shape index (κ3) is 3.15. The van der Waals surface area contributed by atoms with Crippen LogP contribution in [0.4, 0.5) is 0 Å². The summed E-state index contributed by atoms with van der Waals surface area (Å²) in [6.07, 6.45) is 5.92. The lowest BCUT2D eigenvalue weighted by Gasteiger charge is -2.22. The predicted octanol–water partition coefficient (Wildman–Crippen LogP) is 1.14. The number of hydrogen-bond donors (Lipinski definition) is 2. The summed E-state index contributed by atoms with van der Waals surface area (Å²) < 4.78 is 5.83. The zero-order chi connectivity index (χ0) is 12.9. The van der Waals surface area contributed by atoms with Gasteiger partial charge in [0.1, 0.15) is 6.61 Å². The summed E-state index contributed by atoms with van der Waals surface area (Å²) >= 11 is 0. The van der Waals surface area contributed by atoms with Gasteiger partial charge in [0.15, 0.2) is 11.6 Å². The molecule has 3 heterocycles. The van der Waals surface area contributed by atoms with Crippen molar-refractivity contribution in [1.82, 2.24) is 25.5 Å². The summed E-state index contributed by atoms with van der Waals surface area (Å²) in [5.41, 5.74) is 0.958. The van der Waals surface area contributed by atoms with Gasteiger partial charge in [-0.25, -0.2) is 4.98 Å². The number of aromatic amines is 1. The van der Waals surface area contributed by atoms with Crippen molar-refractivity contribution in [3.8, 4) is 11.4 Å². The average Bonchev–Trinajstić information content (AvgIpc) is 2.96. The van der Waals surface area contributed by atoms with Crippen LogP contribution in [0, 0.1) is 0 Å². The molecule has 1 aliphatic rings. The molecule has 2 aromatic heterocycles. The minimum absolute atomic E-state index is 0.329. The Morgan fingerprint density at radius 1 is 1.21 bits per heavy atom. The highest BCUT2D eigenvalue weighted by atomic mass is 16.5. The van der Waals surface area contributed by atoms with Gasteiger partial charge in [0.05, 0.1) is 6.10 Å². The Bertz CT molecular complexity index is 507. The van der Waals surface area contributed by atoms with Gasteiger partial charge in [-0.3, -0.25) is 10.1 Å². The molecule has 0 atom stereocenters. The fourth-order valence-electron chi connectivity index (χ4n) is 2.15. The maximum atomic E-state index is 5.83. The van der Waals surface area contributed by atoms with E-state index in [1.54, 1.807) is 12.4 Å². The molecule has 19 heavy (non-hydrogen) atoms. The molecule has 0 saturated carbocycles. The molecule has 100 valence electrons. The molecule has 1 aliphatic heterocycles. The molecule has 3 rings (SSSR count). The molecule has 6 heteroatoms. The first-order chi connectivity index (χ1) is 9.42. The van der Waals surface area contributed by atoms with E-state index in [4.69, 9.17) is 4.74 Å². The number of rotatable bonds is 4. The van der Waals surface area contributed by atoms with Crippen LogP contribution in [0.1, 0.15) is 18.7 Å². The van der Waals surface area contributed by atoms with Crippen LogP contribution in [0.3, 0.4) is 0 Å². The van der Waals surface area contributed by atoms with Crippen molar-refractivity contribution < 1.29 is 4.74 Å². The average molecular weight is 259 g/mol. The van der Waals surface area contributed by atoms with E-state index in [-0.39, 0.29) is 0 Å². The minimum atomic E-state index is 0.329. The van der Waals surface area contributed by atoms with E-state index in [0.717, 1.165) is 37.3 Å². The van der Waals surface area contributed by atoms with Crippen LogP contribution in [0.15, 0.2) is 24.5 Å². The fraction of sp³-hybridized carbons (Fsp3) is 0.462. The Morgan fingerprint density at radius 3 is 2.79 bits per heavy atom. The summed E-state index contributed by atoms with van der Waals surface area (Å²) in [6, 6.07) is 3.78. The number of piperidine rings is 1. The summed E-state index contributed by atoms with van der Waals surface area (Å²) in [6.45, 7) is 2.55. The van der Waals surface area contributed by atoms with Gasteiger partial charge < -0.3 is 10.1 Å². The number of H-pyrrole nitrogens is 1. The number of ether oxygens (including phenoxy) is 1. The van der Waals surface area contributed by atoms with Gasteiger partial charge in [0.25, 0.3) is 0 Å². The van der Waals surface area contributed by atoms with Gasteiger partial charge in [-0.1, -0.05) is 0 Å². The molecular weight excluding hydrogens is 242 g/mol. The van der Waals surface area contributed by atoms with Crippen LogP contribution in [0.2, 0.25) is 0 Å². The molecule has 1 fully saturated rings. The SMILES string of the molecule is c1cc(-c2n[nH]c(COC3CCNCC3)n2)ccn1. The number of hydrogen-bond acceptors (Lipinski definition) is 5. The Kier molecular flexibility index (Phi) is 3.81. The lowest BCUT2D eigenvalue weighted by atomic mass is 10.1. The van der Waals surface area contributed by atoms with Gasteiger partial charge in [0.2, 0.25) is 0 Å². The van der Waals surface area contributed by atoms with Gasteiger partial charge in [0, 0.05) is 18.0 Å². The monoisotopic (exact) mass is 259 g/mol. The normalized spacial score (nSPS) is 16.6. The minimum Gasteiger partial charge on any atom is -0.370 e. The molecule has 2 N–H and O–H groups in total. The molecule has 1 saturated heterocycles. The van der Waals surface area contributed by atoms with E-state index in [1.165, 1.54) is 0 Å². The maximum absolute atomic E-state index is 5.83. The Labute approximate surface area is 111 Å². The Hall–Kier alpha value is -1.79. The smallest absolute Gasteiger partial charge is 0.181 e. The molecule has 2 aromatic rings. The van der Waals surface area contributed by atoms with Crippen molar-refractivity contribution in [2.45, 2.75) is 25.6 Å². The predicted molar refractivity (Wildman–Crippen MR) is 70.3 cm³/mol. The van der Waals surface area contributed by atoms with Crippen LogP contribution in [-0.4, -0.2) is 39.4 Å². The van der Waals surface area contributed by atoms with Gasteiger partial charge >= 0.3 is 0 Å². The molecule has 0 aromatic carbocycles. The van der Waals surface area contributed by atoms with Gasteiger partial charge in [-0.05, 0) is 38.1 Å². The molecule has 0 unspecified atom stereocenters. The van der Waals surface area contributed by atoms with Crippen LogP contribution in [-0.2, 0) is 11.3 Å². The molecule has 0 aliphatic carbocycles. The fourth-order valence-corrected chi connectivity index (χ4v) is 2.15. The maximum Gasteiger partial charge on any atom is 0.181 e. The second kappa shape index (κ2) is 5.90. The highest BCUT2D eigenvalue weighted by Gasteiger charge is 2.14. The Morgan fingerprint density at radius 2 is 2.00 bits per heavy atom. The number of aromatic nitrogens is 4. The molecule has 0 radical (unpaired) electrons. The second-order valence-corrected chi connectivity index (χ2v) is 4.60. The standard InChI is InChI=1S/C13H17N5O/c1-5-14-6-2-10(1)13-16-12(17-18-13)9-19-11-3-7-15-8-4-11/h1-2,5-6,11,15H,3-4,7-9H2,(H,16,17,18). The number of nitrogens with zero attached hydrogens (tertiary/aromatic N) is 3.